The molecule has 0 aliphatic rings. The summed E-state index contributed by atoms with van der Waals surface area (Å²) in [7, 11) is 0. The minimum absolute atomic E-state index is 0.163. The molecule has 5 nitrogen and oxygen atoms in total. The highest BCUT2D eigenvalue weighted by Gasteiger charge is 2.18. The number of pyridine rings is 1. The highest BCUT2D eigenvalue weighted by Crippen LogP contribution is 2.17. The first-order valence-electron chi connectivity index (χ1n) is 6.23. The van der Waals surface area contributed by atoms with Crippen LogP contribution in [0.4, 0.5) is 0 Å². The Labute approximate surface area is 112 Å². The molecule has 0 bridgehead atoms. The molecule has 0 fully saturated rings. The Bertz CT molecular complexity index is 561. The molecule has 0 saturated heterocycles. The fraction of sp³-hybridized carbons (Fsp3) is 0.357. The maximum atomic E-state index is 12.0. The van der Waals surface area contributed by atoms with Gasteiger partial charge in [0, 0.05) is 12.1 Å². The Kier molecular flexibility index (Phi) is 3.94. The van der Waals surface area contributed by atoms with Gasteiger partial charge in [0.2, 0.25) is 0 Å². The first kappa shape index (κ1) is 13.3. The van der Waals surface area contributed by atoms with Crippen molar-refractivity contribution in [2.45, 2.75) is 33.2 Å². The standard InChI is InChI=1S/C14H17N3O2/c1-9(2)14-17-12(10(3)19-14)13(18)16-8-11-6-4-5-7-15-11/h4-7,9H,8H2,1-3H3,(H,16,18). The van der Waals surface area contributed by atoms with E-state index < -0.39 is 0 Å². The maximum absolute atomic E-state index is 12.0. The quantitative estimate of drug-likeness (QED) is 0.915. The minimum Gasteiger partial charge on any atom is -0.445 e. The van der Waals surface area contributed by atoms with Crippen LogP contribution in [0.1, 0.15) is 47.6 Å². The molecule has 100 valence electrons. The van der Waals surface area contributed by atoms with Crippen LogP contribution in [0.15, 0.2) is 28.8 Å². The molecule has 0 saturated carbocycles. The van der Waals surface area contributed by atoms with E-state index in [1.807, 2.05) is 32.0 Å². The predicted molar refractivity (Wildman–Crippen MR) is 70.7 cm³/mol. The molecule has 5 heteroatoms. The third kappa shape index (κ3) is 3.19. The maximum Gasteiger partial charge on any atom is 0.273 e. The van der Waals surface area contributed by atoms with Crippen LogP contribution >= 0.6 is 0 Å². The van der Waals surface area contributed by atoms with Gasteiger partial charge in [-0.2, -0.15) is 0 Å². The van der Waals surface area contributed by atoms with Crippen molar-refractivity contribution < 1.29 is 9.21 Å². The Morgan fingerprint density at radius 3 is 2.79 bits per heavy atom. The number of rotatable bonds is 4. The van der Waals surface area contributed by atoms with Crippen molar-refractivity contribution in [2.75, 3.05) is 0 Å². The zero-order valence-corrected chi connectivity index (χ0v) is 11.3. The van der Waals surface area contributed by atoms with Crippen LogP contribution in [0.2, 0.25) is 0 Å². The summed E-state index contributed by atoms with van der Waals surface area (Å²) in [5.74, 6) is 1.05. The van der Waals surface area contributed by atoms with Gasteiger partial charge in [0.15, 0.2) is 11.6 Å². The van der Waals surface area contributed by atoms with Crippen LogP contribution in [-0.2, 0) is 6.54 Å². The van der Waals surface area contributed by atoms with Crippen LogP contribution in [0, 0.1) is 6.92 Å². The first-order valence-corrected chi connectivity index (χ1v) is 6.23. The summed E-state index contributed by atoms with van der Waals surface area (Å²) in [6.45, 7) is 6.07. The van der Waals surface area contributed by atoms with E-state index in [0.717, 1.165) is 5.69 Å². The van der Waals surface area contributed by atoms with Gasteiger partial charge in [-0.1, -0.05) is 19.9 Å². The Balaban J connectivity index is 2.04. The van der Waals surface area contributed by atoms with Gasteiger partial charge in [0.1, 0.15) is 5.76 Å². The van der Waals surface area contributed by atoms with Gasteiger partial charge in [-0.3, -0.25) is 9.78 Å². The fourth-order valence-electron chi connectivity index (χ4n) is 1.63. The summed E-state index contributed by atoms with van der Waals surface area (Å²) in [6, 6.07) is 5.57. The largest absolute Gasteiger partial charge is 0.445 e. The molecule has 1 amide bonds. The molecular formula is C14H17N3O2. The number of carbonyl (C=O) groups is 1. The minimum atomic E-state index is -0.237. The third-order valence-electron chi connectivity index (χ3n) is 2.68. The van der Waals surface area contributed by atoms with Gasteiger partial charge in [0.25, 0.3) is 5.91 Å². The lowest BCUT2D eigenvalue weighted by atomic mass is 10.2. The molecule has 2 rings (SSSR count). The average molecular weight is 259 g/mol. The molecule has 0 aliphatic heterocycles. The molecule has 0 aromatic carbocycles. The Morgan fingerprint density at radius 1 is 1.42 bits per heavy atom. The second kappa shape index (κ2) is 5.65. The van der Waals surface area contributed by atoms with Crippen molar-refractivity contribution in [3.63, 3.8) is 0 Å². The number of aryl methyl sites for hydroxylation is 1. The highest BCUT2D eigenvalue weighted by molar-refractivity contribution is 5.93. The number of hydrogen-bond donors (Lipinski definition) is 1. The van der Waals surface area contributed by atoms with Crippen molar-refractivity contribution in [1.29, 1.82) is 0 Å². The zero-order valence-electron chi connectivity index (χ0n) is 11.3. The summed E-state index contributed by atoms with van der Waals surface area (Å²) >= 11 is 0. The number of nitrogens with zero attached hydrogens (tertiary/aromatic N) is 2. The SMILES string of the molecule is Cc1oc(C(C)C)nc1C(=O)NCc1ccccn1. The van der Waals surface area contributed by atoms with Crippen molar-refractivity contribution in [3.05, 3.63) is 47.4 Å². The van der Waals surface area contributed by atoms with Gasteiger partial charge < -0.3 is 9.73 Å². The van der Waals surface area contributed by atoms with Crippen molar-refractivity contribution >= 4 is 5.91 Å². The Morgan fingerprint density at radius 2 is 2.21 bits per heavy atom. The van der Waals surface area contributed by atoms with Gasteiger partial charge >= 0.3 is 0 Å². The second-order valence-corrected chi connectivity index (χ2v) is 4.62. The van der Waals surface area contributed by atoms with E-state index in [4.69, 9.17) is 4.42 Å². The molecule has 0 aliphatic carbocycles. The topological polar surface area (TPSA) is 68.0 Å². The summed E-state index contributed by atoms with van der Waals surface area (Å²) in [5.41, 5.74) is 1.15. The number of carbonyl (C=O) groups excluding carboxylic acids is 1. The van der Waals surface area contributed by atoms with Gasteiger partial charge in [-0.15, -0.1) is 0 Å². The summed E-state index contributed by atoms with van der Waals surface area (Å²) in [5, 5.41) is 2.78. The lowest BCUT2D eigenvalue weighted by Crippen LogP contribution is -2.24. The molecule has 0 spiro atoms. The summed E-state index contributed by atoms with van der Waals surface area (Å²) in [6.07, 6.45) is 1.69. The van der Waals surface area contributed by atoms with Crippen LogP contribution in [0.3, 0.4) is 0 Å². The smallest absolute Gasteiger partial charge is 0.273 e. The van der Waals surface area contributed by atoms with Crippen molar-refractivity contribution in [2.24, 2.45) is 0 Å². The molecule has 19 heavy (non-hydrogen) atoms. The van der Waals surface area contributed by atoms with E-state index in [1.54, 1.807) is 13.1 Å². The first-order chi connectivity index (χ1) is 9.08. The summed E-state index contributed by atoms with van der Waals surface area (Å²) < 4.78 is 5.46. The van der Waals surface area contributed by atoms with E-state index in [-0.39, 0.29) is 11.8 Å². The van der Waals surface area contributed by atoms with E-state index in [9.17, 15) is 4.79 Å². The molecular weight excluding hydrogens is 242 g/mol. The number of aromatic nitrogens is 2. The van der Waals surface area contributed by atoms with E-state index in [0.29, 0.717) is 23.9 Å². The third-order valence-corrected chi connectivity index (χ3v) is 2.68. The van der Waals surface area contributed by atoms with E-state index in [2.05, 4.69) is 15.3 Å². The number of amides is 1. The van der Waals surface area contributed by atoms with Crippen LogP contribution in [0.25, 0.3) is 0 Å². The number of oxazole rings is 1. The predicted octanol–water partition coefficient (Wildman–Crippen LogP) is 2.43. The lowest BCUT2D eigenvalue weighted by molar-refractivity contribution is 0.0944. The molecule has 1 N–H and O–H groups in total. The molecule has 2 aromatic heterocycles. The number of hydrogen-bond acceptors (Lipinski definition) is 4. The van der Waals surface area contributed by atoms with Gasteiger partial charge in [0.05, 0.1) is 12.2 Å². The molecule has 2 aromatic rings. The molecule has 0 unspecified atom stereocenters. The average Bonchev–Trinajstić information content (AvgIpc) is 2.80. The second-order valence-electron chi connectivity index (χ2n) is 4.62. The van der Waals surface area contributed by atoms with Gasteiger partial charge in [-0.25, -0.2) is 4.98 Å². The van der Waals surface area contributed by atoms with Crippen LogP contribution < -0.4 is 5.32 Å². The van der Waals surface area contributed by atoms with Crippen molar-refractivity contribution in [3.8, 4) is 0 Å². The lowest BCUT2D eigenvalue weighted by Gasteiger charge is -2.02. The molecule has 2 heterocycles. The van der Waals surface area contributed by atoms with Crippen LogP contribution in [0.5, 0.6) is 0 Å². The van der Waals surface area contributed by atoms with Crippen LogP contribution in [-0.4, -0.2) is 15.9 Å². The fourth-order valence-corrected chi connectivity index (χ4v) is 1.63. The zero-order chi connectivity index (χ0) is 13.8. The summed E-state index contributed by atoms with van der Waals surface area (Å²) in [4.78, 5) is 20.4. The van der Waals surface area contributed by atoms with E-state index >= 15 is 0 Å². The normalized spacial score (nSPS) is 10.7. The number of nitrogens with one attached hydrogen (secondary N) is 1. The highest BCUT2D eigenvalue weighted by atomic mass is 16.4. The van der Waals surface area contributed by atoms with Crippen molar-refractivity contribution in [1.82, 2.24) is 15.3 Å². The molecule has 0 atom stereocenters. The molecule has 0 radical (unpaired) electrons. The monoisotopic (exact) mass is 259 g/mol. The van der Waals surface area contributed by atoms with Gasteiger partial charge in [-0.05, 0) is 19.1 Å². The van der Waals surface area contributed by atoms with E-state index in [1.165, 1.54) is 0 Å². The Hall–Kier alpha value is -2.17.